The van der Waals surface area contributed by atoms with Crippen molar-refractivity contribution in [3.63, 3.8) is 0 Å². The van der Waals surface area contributed by atoms with Crippen molar-refractivity contribution in [2.24, 2.45) is 0 Å². The molecule has 0 unspecified atom stereocenters. The predicted molar refractivity (Wildman–Crippen MR) is 195 cm³/mol. The number of aromatic nitrogens is 4. The van der Waals surface area contributed by atoms with Gasteiger partial charge in [0.15, 0.2) is 0 Å². The van der Waals surface area contributed by atoms with Crippen LogP contribution in [0.25, 0.3) is 93.2 Å². The minimum atomic E-state index is 0.926. The topological polar surface area (TPSA) is 43.6 Å². The SMILES string of the molecule is c1cc(-c2cccc(-n3c4ccccc4c4cc5c6ccccc6c6nccnc6c5cc43)c2)cc(-c2ccc3ncccc3c2)c1. The van der Waals surface area contributed by atoms with Crippen molar-refractivity contribution in [2.75, 3.05) is 0 Å². The second-order valence-corrected chi connectivity index (χ2v) is 12.1. The van der Waals surface area contributed by atoms with Gasteiger partial charge in [0.1, 0.15) is 0 Å². The van der Waals surface area contributed by atoms with E-state index >= 15 is 0 Å². The van der Waals surface area contributed by atoms with Gasteiger partial charge in [-0.2, -0.15) is 0 Å². The van der Waals surface area contributed by atoms with Crippen LogP contribution < -0.4 is 0 Å². The first kappa shape index (κ1) is 25.9. The van der Waals surface area contributed by atoms with E-state index in [-0.39, 0.29) is 0 Å². The fourth-order valence-electron chi connectivity index (χ4n) is 7.33. The molecule has 0 aliphatic carbocycles. The molecule has 0 aliphatic rings. The summed E-state index contributed by atoms with van der Waals surface area (Å²) < 4.78 is 2.39. The number of hydrogen-bond donors (Lipinski definition) is 0. The van der Waals surface area contributed by atoms with Gasteiger partial charge in [-0.1, -0.05) is 84.9 Å². The standard InChI is InChI=1S/C43H26N4/c1-2-15-35-33(13-1)36-25-37-34-14-3-4-16-40(34)47(41(37)26-38(36)43-42(35)45-20-21-46-43)32-12-6-10-29(24-32)27-8-5-9-28(22-27)30-17-18-39-31(23-30)11-7-19-44-39/h1-26H. The van der Waals surface area contributed by atoms with E-state index in [2.05, 4.69) is 143 Å². The Morgan fingerprint density at radius 3 is 1.91 bits per heavy atom. The molecule has 0 saturated heterocycles. The molecule has 10 rings (SSSR count). The van der Waals surface area contributed by atoms with Crippen LogP contribution >= 0.6 is 0 Å². The Balaban J connectivity index is 1.19. The molecule has 4 nitrogen and oxygen atoms in total. The Morgan fingerprint density at radius 1 is 0.362 bits per heavy atom. The van der Waals surface area contributed by atoms with Crippen LogP contribution in [0, 0.1) is 0 Å². The van der Waals surface area contributed by atoms with Crippen molar-refractivity contribution in [1.29, 1.82) is 0 Å². The Hall–Kier alpha value is -6.39. The number of nitrogens with zero attached hydrogens (tertiary/aromatic N) is 4. The zero-order valence-corrected chi connectivity index (χ0v) is 25.3. The van der Waals surface area contributed by atoms with Crippen molar-refractivity contribution in [2.45, 2.75) is 0 Å². The number of para-hydroxylation sites is 1. The minimum Gasteiger partial charge on any atom is -0.309 e. The Morgan fingerprint density at radius 2 is 1.06 bits per heavy atom. The van der Waals surface area contributed by atoms with E-state index in [1.165, 1.54) is 49.3 Å². The zero-order valence-electron chi connectivity index (χ0n) is 25.3. The van der Waals surface area contributed by atoms with Gasteiger partial charge in [0.2, 0.25) is 0 Å². The molecule has 7 aromatic carbocycles. The summed E-state index contributed by atoms with van der Waals surface area (Å²) in [6.45, 7) is 0. The predicted octanol–water partition coefficient (Wildman–Crippen LogP) is 10.9. The summed E-state index contributed by atoms with van der Waals surface area (Å²) in [5.74, 6) is 0. The van der Waals surface area contributed by atoms with Crippen LogP contribution in [0.4, 0.5) is 0 Å². The summed E-state index contributed by atoms with van der Waals surface area (Å²) in [6.07, 6.45) is 5.42. The molecule has 0 saturated carbocycles. The van der Waals surface area contributed by atoms with E-state index in [0.717, 1.165) is 43.9 Å². The molecule has 0 bridgehead atoms. The summed E-state index contributed by atoms with van der Waals surface area (Å²) in [5, 5.41) is 8.21. The fraction of sp³-hybridized carbons (Fsp3) is 0. The fourth-order valence-corrected chi connectivity index (χ4v) is 7.33. The van der Waals surface area contributed by atoms with Crippen LogP contribution in [0.3, 0.4) is 0 Å². The molecule has 4 heteroatoms. The lowest BCUT2D eigenvalue weighted by Crippen LogP contribution is -1.95. The first-order chi connectivity index (χ1) is 23.3. The molecule has 0 spiro atoms. The second-order valence-electron chi connectivity index (χ2n) is 12.1. The number of benzene rings is 7. The van der Waals surface area contributed by atoms with E-state index in [0.29, 0.717) is 0 Å². The minimum absolute atomic E-state index is 0.926. The van der Waals surface area contributed by atoms with E-state index in [1.54, 1.807) is 12.4 Å². The van der Waals surface area contributed by atoms with Crippen LogP contribution in [0.1, 0.15) is 0 Å². The van der Waals surface area contributed by atoms with Gasteiger partial charge in [-0.05, 0) is 87.6 Å². The van der Waals surface area contributed by atoms with Crippen molar-refractivity contribution < 1.29 is 0 Å². The summed E-state index contributed by atoms with van der Waals surface area (Å²) in [5.41, 5.74) is 11.0. The van der Waals surface area contributed by atoms with Crippen molar-refractivity contribution in [3.05, 3.63) is 158 Å². The third kappa shape index (κ3) is 3.98. The molecule has 10 aromatic rings. The van der Waals surface area contributed by atoms with Crippen molar-refractivity contribution >= 4 is 65.3 Å². The highest BCUT2D eigenvalue weighted by molar-refractivity contribution is 6.27. The van der Waals surface area contributed by atoms with E-state index in [4.69, 9.17) is 9.97 Å². The molecule has 0 N–H and O–H groups in total. The maximum absolute atomic E-state index is 4.85. The lowest BCUT2D eigenvalue weighted by atomic mass is 9.97. The molecule has 0 fully saturated rings. The zero-order chi connectivity index (χ0) is 30.9. The molecule has 0 amide bonds. The van der Waals surface area contributed by atoms with E-state index < -0.39 is 0 Å². The van der Waals surface area contributed by atoms with Gasteiger partial charge in [0, 0.05) is 51.2 Å². The molecule has 3 heterocycles. The third-order valence-corrected chi connectivity index (χ3v) is 9.47. The molecule has 0 aliphatic heterocycles. The second kappa shape index (κ2) is 10.1. The van der Waals surface area contributed by atoms with Gasteiger partial charge < -0.3 is 4.57 Å². The smallest absolute Gasteiger partial charge is 0.0972 e. The molecule has 3 aromatic heterocycles. The molecule has 0 radical (unpaired) electrons. The first-order valence-electron chi connectivity index (χ1n) is 15.8. The molecule has 0 atom stereocenters. The number of rotatable bonds is 3. The van der Waals surface area contributed by atoms with Gasteiger partial charge in [-0.25, -0.2) is 0 Å². The Kier molecular flexibility index (Phi) is 5.54. The average Bonchev–Trinajstić information content (AvgIpc) is 3.47. The highest BCUT2D eigenvalue weighted by atomic mass is 15.0. The van der Waals surface area contributed by atoms with Gasteiger partial charge in [-0.3, -0.25) is 15.0 Å². The van der Waals surface area contributed by atoms with E-state index in [9.17, 15) is 0 Å². The number of fused-ring (bicyclic) bond motifs is 10. The van der Waals surface area contributed by atoms with Crippen LogP contribution in [0.5, 0.6) is 0 Å². The normalized spacial score (nSPS) is 11.8. The Bertz CT molecular complexity index is 2860. The number of pyridine rings is 1. The summed E-state index contributed by atoms with van der Waals surface area (Å²) >= 11 is 0. The maximum Gasteiger partial charge on any atom is 0.0972 e. The molecule has 47 heavy (non-hydrogen) atoms. The lowest BCUT2D eigenvalue weighted by Gasteiger charge is -2.13. The summed E-state index contributed by atoms with van der Waals surface area (Å²) in [7, 11) is 0. The largest absolute Gasteiger partial charge is 0.309 e. The van der Waals surface area contributed by atoms with Gasteiger partial charge in [-0.15, -0.1) is 0 Å². The maximum atomic E-state index is 4.85. The first-order valence-corrected chi connectivity index (χ1v) is 15.8. The van der Waals surface area contributed by atoms with Crippen LogP contribution in [-0.2, 0) is 0 Å². The highest BCUT2D eigenvalue weighted by Crippen LogP contribution is 2.40. The highest BCUT2D eigenvalue weighted by Gasteiger charge is 2.17. The number of hydrogen-bond acceptors (Lipinski definition) is 3. The monoisotopic (exact) mass is 598 g/mol. The van der Waals surface area contributed by atoms with Crippen LogP contribution in [-0.4, -0.2) is 19.5 Å². The van der Waals surface area contributed by atoms with Gasteiger partial charge in [0.25, 0.3) is 0 Å². The van der Waals surface area contributed by atoms with E-state index in [1.807, 2.05) is 12.3 Å². The van der Waals surface area contributed by atoms with Gasteiger partial charge in [0.05, 0.1) is 27.6 Å². The third-order valence-electron chi connectivity index (χ3n) is 9.47. The van der Waals surface area contributed by atoms with Crippen molar-refractivity contribution in [3.8, 4) is 27.9 Å². The lowest BCUT2D eigenvalue weighted by molar-refractivity contribution is 1.18. The Labute approximate surface area is 270 Å². The van der Waals surface area contributed by atoms with Gasteiger partial charge >= 0.3 is 0 Å². The molecular weight excluding hydrogens is 573 g/mol. The molecular formula is C43H26N4. The van der Waals surface area contributed by atoms with Crippen LogP contribution in [0.2, 0.25) is 0 Å². The molecule has 218 valence electrons. The summed E-state index contributed by atoms with van der Waals surface area (Å²) in [4.78, 5) is 14.1. The quantitative estimate of drug-likeness (QED) is 0.190. The van der Waals surface area contributed by atoms with Crippen molar-refractivity contribution in [1.82, 2.24) is 19.5 Å². The summed E-state index contributed by atoms with van der Waals surface area (Å²) in [6, 6.07) is 50.2. The van der Waals surface area contributed by atoms with Crippen LogP contribution in [0.15, 0.2) is 158 Å². The average molecular weight is 599 g/mol.